The van der Waals surface area contributed by atoms with Crippen LogP contribution < -0.4 is 5.32 Å². The second-order valence-corrected chi connectivity index (χ2v) is 8.87. The number of carbonyl (C=O) groups excluding carboxylic acids is 3. The zero-order valence-corrected chi connectivity index (χ0v) is 17.4. The van der Waals surface area contributed by atoms with E-state index in [0.717, 1.165) is 22.6 Å². The van der Waals surface area contributed by atoms with Crippen molar-refractivity contribution in [1.29, 1.82) is 0 Å². The van der Waals surface area contributed by atoms with Gasteiger partial charge in [-0.3, -0.25) is 14.4 Å². The summed E-state index contributed by atoms with van der Waals surface area (Å²) in [6, 6.07) is 9.94. The lowest BCUT2D eigenvalue weighted by Crippen LogP contribution is -2.22. The van der Waals surface area contributed by atoms with Crippen LogP contribution >= 0.6 is 23.1 Å². The predicted molar refractivity (Wildman–Crippen MR) is 111 cm³/mol. The molecule has 0 aliphatic heterocycles. The molecule has 1 aliphatic rings. The Labute approximate surface area is 172 Å². The number of ketones is 1. The van der Waals surface area contributed by atoms with Gasteiger partial charge in [-0.1, -0.05) is 6.07 Å². The number of hydrogen-bond donors (Lipinski definition) is 1. The van der Waals surface area contributed by atoms with Crippen molar-refractivity contribution >= 4 is 40.8 Å². The molecular formula is C21H23NO4S2. The van der Waals surface area contributed by atoms with Crippen LogP contribution in [-0.2, 0) is 33.6 Å². The van der Waals surface area contributed by atoms with Crippen LogP contribution in [0.1, 0.15) is 39.0 Å². The number of carbonyl (C=O) groups is 3. The fourth-order valence-corrected chi connectivity index (χ4v) is 4.75. The normalized spacial score (nSPS) is 12.5. The molecule has 0 fully saturated rings. The van der Waals surface area contributed by atoms with Crippen LogP contribution in [0.15, 0.2) is 35.2 Å². The topological polar surface area (TPSA) is 72.5 Å². The van der Waals surface area contributed by atoms with Crippen molar-refractivity contribution < 1.29 is 19.1 Å². The molecule has 1 aromatic heterocycles. The molecule has 2 aromatic rings. The average molecular weight is 418 g/mol. The number of aryl methyl sites for hydroxylation is 2. The third-order valence-corrected chi connectivity index (χ3v) is 6.63. The van der Waals surface area contributed by atoms with Gasteiger partial charge in [0.2, 0.25) is 11.7 Å². The third-order valence-electron chi connectivity index (χ3n) is 4.47. The Bertz CT molecular complexity index is 875. The molecule has 5 nitrogen and oxygen atoms in total. The first-order valence-corrected chi connectivity index (χ1v) is 11.1. The van der Waals surface area contributed by atoms with Gasteiger partial charge in [0.1, 0.15) is 0 Å². The highest BCUT2D eigenvalue weighted by Gasteiger charge is 2.14. The number of rotatable bonds is 9. The van der Waals surface area contributed by atoms with E-state index in [1.165, 1.54) is 47.6 Å². The Balaban J connectivity index is 1.40. The average Bonchev–Trinajstić information content (AvgIpc) is 3.33. The van der Waals surface area contributed by atoms with Crippen LogP contribution in [0.4, 0.5) is 0 Å². The Morgan fingerprint density at radius 3 is 2.79 bits per heavy atom. The molecule has 148 valence electrons. The molecule has 3 rings (SSSR count). The van der Waals surface area contributed by atoms with Gasteiger partial charge in [0.15, 0.2) is 6.61 Å². The maximum absolute atomic E-state index is 12.2. The van der Waals surface area contributed by atoms with Gasteiger partial charge in [0.05, 0.1) is 10.6 Å². The molecule has 28 heavy (non-hydrogen) atoms. The molecule has 0 bridgehead atoms. The number of thioether (sulfide) groups is 1. The summed E-state index contributed by atoms with van der Waals surface area (Å²) < 4.78 is 5.13. The van der Waals surface area contributed by atoms with Gasteiger partial charge in [-0.05, 0) is 61.1 Å². The highest BCUT2D eigenvalue weighted by atomic mass is 32.2. The number of nitrogens with one attached hydrogen (secondary N) is 1. The summed E-state index contributed by atoms with van der Waals surface area (Å²) in [7, 11) is 0. The van der Waals surface area contributed by atoms with Crippen molar-refractivity contribution in [3.05, 3.63) is 51.2 Å². The molecule has 0 spiro atoms. The number of Topliss-reactive ketones (excluding diaryl/α,β-unsaturated/α-hetero) is 1. The lowest BCUT2D eigenvalue weighted by atomic mass is 10.1. The van der Waals surface area contributed by atoms with Crippen LogP contribution in [0.3, 0.4) is 0 Å². The maximum atomic E-state index is 12.2. The van der Waals surface area contributed by atoms with Gasteiger partial charge in [-0.2, -0.15) is 0 Å². The highest BCUT2D eigenvalue weighted by molar-refractivity contribution is 8.00. The number of ether oxygens (including phenoxy) is 1. The van der Waals surface area contributed by atoms with E-state index in [9.17, 15) is 14.4 Å². The molecule has 7 heteroatoms. The third kappa shape index (κ3) is 5.94. The molecule has 1 aromatic carbocycles. The summed E-state index contributed by atoms with van der Waals surface area (Å²) in [5.74, 6) is -0.469. The molecule has 0 atom stereocenters. The maximum Gasteiger partial charge on any atom is 0.316 e. The van der Waals surface area contributed by atoms with E-state index in [1.54, 1.807) is 6.07 Å². The van der Waals surface area contributed by atoms with Crippen molar-refractivity contribution in [2.75, 3.05) is 18.9 Å². The Morgan fingerprint density at radius 1 is 1.14 bits per heavy atom. The van der Waals surface area contributed by atoms with Crippen molar-refractivity contribution in [3.8, 4) is 0 Å². The minimum Gasteiger partial charge on any atom is -0.457 e. The number of amides is 1. The molecule has 0 unspecified atom stereocenters. The van der Waals surface area contributed by atoms with Crippen molar-refractivity contribution in [3.63, 3.8) is 0 Å². The molecule has 1 aliphatic carbocycles. The van der Waals surface area contributed by atoms with Crippen LogP contribution in [0.5, 0.6) is 0 Å². The van der Waals surface area contributed by atoms with E-state index >= 15 is 0 Å². The smallest absolute Gasteiger partial charge is 0.316 e. The quantitative estimate of drug-likeness (QED) is 0.384. The van der Waals surface area contributed by atoms with Crippen molar-refractivity contribution in [1.82, 2.24) is 5.32 Å². The van der Waals surface area contributed by atoms with E-state index in [0.29, 0.717) is 17.8 Å². The fraction of sp³-hybridized carbons (Fsp3) is 0.381. The minimum atomic E-state index is -0.388. The van der Waals surface area contributed by atoms with E-state index < -0.39 is 0 Å². The molecule has 1 heterocycles. The fourth-order valence-electron chi connectivity index (χ4n) is 3.06. The number of thiophene rings is 1. The zero-order chi connectivity index (χ0) is 19.9. The summed E-state index contributed by atoms with van der Waals surface area (Å²) in [5, 5.41) is 2.72. The summed E-state index contributed by atoms with van der Waals surface area (Å²) in [6.45, 7) is 1.77. The van der Waals surface area contributed by atoms with Gasteiger partial charge >= 0.3 is 5.97 Å². The number of hydrogen-bond acceptors (Lipinski definition) is 6. The lowest BCUT2D eigenvalue weighted by molar-refractivity contribution is -0.139. The highest BCUT2D eigenvalue weighted by Crippen LogP contribution is 2.27. The Hall–Kier alpha value is -2.12. The van der Waals surface area contributed by atoms with Crippen molar-refractivity contribution in [2.24, 2.45) is 0 Å². The van der Waals surface area contributed by atoms with E-state index in [2.05, 4.69) is 17.4 Å². The number of fused-ring (bicyclic) bond motifs is 1. The van der Waals surface area contributed by atoms with Gasteiger partial charge < -0.3 is 10.1 Å². The Kier molecular flexibility index (Phi) is 7.28. The zero-order valence-electron chi connectivity index (χ0n) is 15.8. The molecule has 0 saturated carbocycles. The first-order valence-electron chi connectivity index (χ1n) is 9.28. The van der Waals surface area contributed by atoms with Crippen molar-refractivity contribution in [2.45, 2.75) is 37.5 Å². The van der Waals surface area contributed by atoms with Crippen LogP contribution in [0.2, 0.25) is 0 Å². The molecule has 1 N–H and O–H groups in total. The number of esters is 1. The first-order chi connectivity index (χ1) is 13.5. The lowest BCUT2D eigenvalue weighted by Gasteiger charge is -2.05. The molecule has 1 amide bonds. The molecule has 0 radical (unpaired) electrons. The van der Waals surface area contributed by atoms with Crippen LogP contribution in [0.25, 0.3) is 0 Å². The molecule has 0 saturated heterocycles. The SMILES string of the molecule is CC(=O)NCCc1ccc(C(=O)COC(=O)CSc2ccc3c(c2)CCC3)s1. The largest absolute Gasteiger partial charge is 0.457 e. The van der Waals surface area contributed by atoms with Gasteiger partial charge in [0.25, 0.3) is 0 Å². The summed E-state index contributed by atoms with van der Waals surface area (Å²) in [4.78, 5) is 37.7. The minimum absolute atomic E-state index is 0.0717. The second-order valence-electron chi connectivity index (χ2n) is 6.66. The van der Waals surface area contributed by atoms with E-state index in [-0.39, 0.29) is 30.0 Å². The second kappa shape index (κ2) is 9.89. The van der Waals surface area contributed by atoms with Crippen LogP contribution in [0, 0.1) is 0 Å². The summed E-state index contributed by atoms with van der Waals surface area (Å²) >= 11 is 2.81. The monoisotopic (exact) mass is 417 g/mol. The van der Waals surface area contributed by atoms with Gasteiger partial charge in [-0.15, -0.1) is 23.1 Å². The van der Waals surface area contributed by atoms with Gasteiger partial charge in [-0.25, -0.2) is 0 Å². The molecular weight excluding hydrogens is 394 g/mol. The van der Waals surface area contributed by atoms with Gasteiger partial charge in [0, 0.05) is 23.2 Å². The van der Waals surface area contributed by atoms with E-state index in [1.807, 2.05) is 12.1 Å². The predicted octanol–water partition coefficient (Wildman–Crippen LogP) is 3.43. The Morgan fingerprint density at radius 2 is 1.96 bits per heavy atom. The van der Waals surface area contributed by atoms with Crippen LogP contribution in [-0.4, -0.2) is 36.6 Å². The first kappa shape index (κ1) is 20.6. The van der Waals surface area contributed by atoms with E-state index in [4.69, 9.17) is 4.74 Å². The number of benzene rings is 1. The summed E-state index contributed by atoms with van der Waals surface area (Å²) in [5.41, 5.74) is 2.78. The summed E-state index contributed by atoms with van der Waals surface area (Å²) in [6.07, 6.45) is 4.12. The standard InChI is InChI=1S/C21H23NO4S2/c1-14(23)22-10-9-17-7-8-20(28-17)19(24)12-26-21(25)13-27-18-6-5-15-3-2-4-16(15)11-18/h5-8,11H,2-4,9-10,12-13H2,1H3,(H,22,23).